The van der Waals surface area contributed by atoms with Gasteiger partial charge in [-0.05, 0) is 54.7 Å². The van der Waals surface area contributed by atoms with E-state index in [1.54, 1.807) is 24.2 Å². The Morgan fingerprint density at radius 2 is 1.97 bits per heavy atom. The van der Waals surface area contributed by atoms with Crippen molar-refractivity contribution in [2.75, 3.05) is 18.4 Å². The third kappa shape index (κ3) is 4.17. The molecule has 3 atom stereocenters. The average Bonchev–Trinajstić information content (AvgIpc) is 2.88. The van der Waals surface area contributed by atoms with Crippen molar-refractivity contribution < 1.29 is 9.90 Å². The molecule has 1 aliphatic carbocycles. The van der Waals surface area contributed by atoms with Gasteiger partial charge in [-0.1, -0.05) is 37.6 Å². The largest absolute Gasteiger partial charge is 0.481 e. The molecule has 2 bridgehead atoms. The number of carboxylic acid groups (broad SMARTS) is 1. The van der Waals surface area contributed by atoms with Gasteiger partial charge in [-0.2, -0.15) is 0 Å². The normalized spacial score (nSPS) is 26.2. The molecule has 1 aromatic heterocycles. The number of hydrogen-bond acceptors (Lipinski definition) is 6. The van der Waals surface area contributed by atoms with Crippen LogP contribution in [0.5, 0.6) is 0 Å². The van der Waals surface area contributed by atoms with E-state index in [1.165, 1.54) is 36.1 Å². The third-order valence-corrected chi connectivity index (χ3v) is 8.34. The Balaban J connectivity index is 1.32. The first kappa shape index (κ1) is 20.8. The first-order chi connectivity index (χ1) is 15.1. The zero-order chi connectivity index (χ0) is 21.4. The van der Waals surface area contributed by atoms with E-state index in [9.17, 15) is 9.90 Å². The molecular weight excluding hydrogens is 408 g/mol. The van der Waals surface area contributed by atoms with Crippen LogP contribution in [-0.4, -0.2) is 39.0 Å². The lowest BCUT2D eigenvalue weighted by atomic mass is 9.69. The van der Waals surface area contributed by atoms with E-state index in [-0.39, 0.29) is 5.92 Å². The molecule has 2 N–H and O–H groups in total. The number of aromatic nitrogens is 2. The van der Waals surface area contributed by atoms with E-state index in [0.29, 0.717) is 17.8 Å². The molecule has 5 rings (SSSR count). The summed E-state index contributed by atoms with van der Waals surface area (Å²) in [5.74, 6) is 1.36. The molecule has 1 saturated carbocycles. The van der Waals surface area contributed by atoms with Crippen molar-refractivity contribution >= 4 is 29.2 Å². The van der Waals surface area contributed by atoms with E-state index in [4.69, 9.17) is 0 Å². The summed E-state index contributed by atoms with van der Waals surface area (Å²) in [5, 5.41) is 14.2. The van der Waals surface area contributed by atoms with Gasteiger partial charge in [-0.15, -0.1) is 0 Å². The Morgan fingerprint density at radius 1 is 1.23 bits per heavy atom. The highest BCUT2D eigenvalue weighted by Gasteiger charge is 2.43. The summed E-state index contributed by atoms with van der Waals surface area (Å²) in [6.07, 6.45) is 8.99. The van der Waals surface area contributed by atoms with Crippen LogP contribution >= 0.6 is 11.8 Å². The number of nitrogens with zero attached hydrogens (tertiary/aromatic N) is 3. The number of piperidine rings is 1. The molecule has 7 heteroatoms. The molecule has 3 unspecified atom stereocenters. The van der Waals surface area contributed by atoms with Crippen LogP contribution in [0, 0.1) is 23.7 Å². The Hall–Kier alpha value is -2.12. The molecule has 0 radical (unpaired) electrons. The van der Waals surface area contributed by atoms with Crippen molar-refractivity contribution in [2.45, 2.75) is 55.5 Å². The molecule has 2 aromatic rings. The van der Waals surface area contributed by atoms with Gasteiger partial charge in [0.1, 0.15) is 5.03 Å². The van der Waals surface area contributed by atoms with Crippen molar-refractivity contribution in [1.29, 1.82) is 0 Å². The SMILES string of the molecule is CCC(C(=O)O)C1C2CCCCC1CN(Cc1ccc3c(c1)Nc1nccnc1S3)C2. The molecule has 3 heterocycles. The number of hydrogen-bond donors (Lipinski definition) is 2. The standard InChI is InChI=1S/C24H30N4O2S/c1-2-18(24(29)30)21-16-5-3-4-6-17(21)14-28(13-16)12-15-7-8-20-19(11-15)27-22-23(31-20)26-10-9-25-22/h7-11,16-18,21H,2-6,12-14H2,1H3,(H,25,27)(H,29,30). The van der Waals surface area contributed by atoms with Crippen molar-refractivity contribution in [3.63, 3.8) is 0 Å². The molecule has 1 aromatic carbocycles. The molecule has 3 aliphatic rings. The van der Waals surface area contributed by atoms with Gasteiger partial charge < -0.3 is 10.4 Å². The Kier molecular flexibility index (Phi) is 5.89. The van der Waals surface area contributed by atoms with Crippen molar-refractivity contribution in [3.8, 4) is 0 Å². The fraction of sp³-hybridized carbons (Fsp3) is 0.542. The second-order valence-corrected chi connectivity index (χ2v) is 10.2. The van der Waals surface area contributed by atoms with Crippen LogP contribution in [0.2, 0.25) is 0 Å². The Morgan fingerprint density at radius 3 is 2.68 bits per heavy atom. The van der Waals surface area contributed by atoms with Crippen LogP contribution in [0.15, 0.2) is 40.5 Å². The summed E-state index contributed by atoms with van der Waals surface area (Å²) in [6.45, 7) is 4.98. The van der Waals surface area contributed by atoms with Gasteiger partial charge in [0, 0.05) is 36.9 Å². The van der Waals surface area contributed by atoms with Crippen molar-refractivity contribution in [1.82, 2.24) is 14.9 Å². The summed E-state index contributed by atoms with van der Waals surface area (Å²) in [7, 11) is 0. The second kappa shape index (κ2) is 8.79. The van der Waals surface area contributed by atoms with E-state index in [0.717, 1.165) is 42.6 Å². The summed E-state index contributed by atoms with van der Waals surface area (Å²) in [6, 6.07) is 6.63. The molecule has 164 valence electrons. The minimum atomic E-state index is -0.598. The maximum atomic E-state index is 11.9. The fourth-order valence-corrected chi connectivity index (χ4v) is 6.86. The number of aliphatic carboxylic acids is 1. The van der Waals surface area contributed by atoms with E-state index < -0.39 is 5.97 Å². The van der Waals surface area contributed by atoms with Crippen LogP contribution in [0.25, 0.3) is 0 Å². The first-order valence-corrected chi connectivity index (χ1v) is 12.3. The lowest BCUT2D eigenvalue weighted by Crippen LogP contribution is -2.49. The van der Waals surface area contributed by atoms with Gasteiger partial charge >= 0.3 is 5.97 Å². The van der Waals surface area contributed by atoms with Gasteiger partial charge in [-0.3, -0.25) is 9.69 Å². The minimum absolute atomic E-state index is 0.193. The number of anilines is 2. The lowest BCUT2D eigenvalue weighted by Gasteiger charge is -2.45. The minimum Gasteiger partial charge on any atom is -0.481 e. The number of rotatable bonds is 5. The average molecular weight is 439 g/mol. The highest BCUT2D eigenvalue weighted by molar-refractivity contribution is 7.99. The van der Waals surface area contributed by atoms with Gasteiger partial charge in [0.25, 0.3) is 0 Å². The molecule has 1 saturated heterocycles. The van der Waals surface area contributed by atoms with Crippen molar-refractivity contribution in [2.24, 2.45) is 23.7 Å². The van der Waals surface area contributed by atoms with Gasteiger partial charge in [-0.25, -0.2) is 9.97 Å². The quantitative estimate of drug-likeness (QED) is 0.578. The van der Waals surface area contributed by atoms with E-state index >= 15 is 0 Å². The second-order valence-electron chi connectivity index (χ2n) is 9.20. The smallest absolute Gasteiger partial charge is 0.306 e. The van der Waals surface area contributed by atoms with Crippen LogP contribution in [0.3, 0.4) is 0 Å². The highest BCUT2D eigenvalue weighted by atomic mass is 32.2. The number of carbonyl (C=O) groups is 1. The van der Waals surface area contributed by atoms with Crippen LogP contribution in [-0.2, 0) is 11.3 Å². The van der Waals surface area contributed by atoms with Gasteiger partial charge in [0.2, 0.25) is 0 Å². The topological polar surface area (TPSA) is 78.4 Å². The molecule has 2 aliphatic heterocycles. The van der Waals surface area contributed by atoms with Crippen LogP contribution in [0.1, 0.15) is 44.6 Å². The van der Waals surface area contributed by atoms with Crippen LogP contribution < -0.4 is 5.32 Å². The van der Waals surface area contributed by atoms with E-state index in [1.807, 2.05) is 6.92 Å². The Bertz CT molecular complexity index is 952. The lowest BCUT2D eigenvalue weighted by molar-refractivity contribution is -0.147. The van der Waals surface area contributed by atoms with Gasteiger partial charge in [0.15, 0.2) is 5.82 Å². The number of nitrogens with one attached hydrogen (secondary N) is 1. The summed E-state index contributed by atoms with van der Waals surface area (Å²) in [5.41, 5.74) is 2.39. The van der Waals surface area contributed by atoms with Crippen LogP contribution in [0.4, 0.5) is 11.5 Å². The number of likely N-dealkylation sites (tertiary alicyclic amines) is 1. The predicted molar refractivity (Wildman–Crippen MR) is 122 cm³/mol. The van der Waals surface area contributed by atoms with E-state index in [2.05, 4.69) is 38.4 Å². The third-order valence-electron chi connectivity index (χ3n) is 7.27. The fourth-order valence-electron chi connectivity index (χ4n) is 5.98. The predicted octanol–water partition coefficient (Wildman–Crippen LogP) is 5.03. The number of benzene rings is 1. The molecule has 0 amide bonds. The zero-order valence-corrected chi connectivity index (χ0v) is 18.8. The van der Waals surface area contributed by atoms with Crippen molar-refractivity contribution in [3.05, 3.63) is 36.2 Å². The molecule has 0 spiro atoms. The zero-order valence-electron chi connectivity index (χ0n) is 18.0. The first-order valence-electron chi connectivity index (χ1n) is 11.5. The maximum Gasteiger partial charge on any atom is 0.306 e. The maximum absolute atomic E-state index is 11.9. The molecule has 31 heavy (non-hydrogen) atoms. The molecular formula is C24H30N4O2S. The monoisotopic (exact) mass is 438 g/mol. The highest BCUT2D eigenvalue weighted by Crippen LogP contribution is 2.45. The summed E-state index contributed by atoms with van der Waals surface area (Å²) in [4.78, 5) is 24.5. The number of carboxylic acids is 1. The molecule has 2 fully saturated rings. The molecule has 6 nitrogen and oxygen atoms in total. The summed E-state index contributed by atoms with van der Waals surface area (Å²) < 4.78 is 0. The Labute approximate surface area is 187 Å². The summed E-state index contributed by atoms with van der Waals surface area (Å²) >= 11 is 1.66. The van der Waals surface area contributed by atoms with Gasteiger partial charge in [0.05, 0.1) is 11.6 Å². The number of fused-ring (bicyclic) bond motifs is 4.